The van der Waals surface area contributed by atoms with E-state index < -0.39 is 5.91 Å². The average Bonchev–Trinajstić information content (AvgIpc) is 2.99. The predicted molar refractivity (Wildman–Crippen MR) is 81.2 cm³/mol. The molecule has 2 aromatic rings. The second-order valence-corrected chi connectivity index (χ2v) is 5.48. The summed E-state index contributed by atoms with van der Waals surface area (Å²) in [7, 11) is 0. The Kier molecular flexibility index (Phi) is 3.14. The standard InChI is InChI=1S/C15H20N4O/c1-8-9(2)18-14-11(15(16)20)3-4-12(13(8)14)19-10-5-6-17-7-10/h3-4,10,17-19H,5-7H2,1-2H3,(H2,16,20)/t10-/m0/s1. The van der Waals surface area contributed by atoms with Crippen molar-refractivity contribution in [2.24, 2.45) is 5.73 Å². The summed E-state index contributed by atoms with van der Waals surface area (Å²) in [4.78, 5) is 14.8. The normalized spacial score (nSPS) is 18.6. The molecule has 1 saturated heterocycles. The second kappa shape index (κ2) is 4.83. The molecule has 2 heterocycles. The van der Waals surface area contributed by atoms with Crippen molar-refractivity contribution >= 4 is 22.5 Å². The Morgan fingerprint density at radius 2 is 2.20 bits per heavy atom. The highest BCUT2D eigenvalue weighted by atomic mass is 16.1. The summed E-state index contributed by atoms with van der Waals surface area (Å²) >= 11 is 0. The van der Waals surface area contributed by atoms with E-state index in [1.807, 2.05) is 13.0 Å². The van der Waals surface area contributed by atoms with Crippen LogP contribution in [0.1, 0.15) is 28.0 Å². The Morgan fingerprint density at radius 3 is 2.85 bits per heavy atom. The maximum absolute atomic E-state index is 11.6. The molecule has 1 aromatic carbocycles. The second-order valence-electron chi connectivity index (χ2n) is 5.48. The lowest BCUT2D eigenvalue weighted by atomic mass is 10.0. The van der Waals surface area contributed by atoms with Crippen LogP contribution < -0.4 is 16.4 Å². The molecule has 0 bridgehead atoms. The number of carbonyl (C=O) groups excluding carboxylic acids is 1. The number of primary amides is 1. The molecule has 1 aliphatic rings. The third-order valence-corrected chi connectivity index (χ3v) is 4.14. The van der Waals surface area contributed by atoms with Crippen molar-refractivity contribution < 1.29 is 4.79 Å². The number of hydrogen-bond donors (Lipinski definition) is 4. The van der Waals surface area contributed by atoms with E-state index in [0.717, 1.165) is 47.4 Å². The van der Waals surface area contributed by atoms with Crippen LogP contribution in [0.3, 0.4) is 0 Å². The van der Waals surface area contributed by atoms with Crippen LogP contribution in [0.25, 0.3) is 10.9 Å². The van der Waals surface area contributed by atoms with Gasteiger partial charge in [-0.25, -0.2) is 0 Å². The quantitative estimate of drug-likeness (QED) is 0.685. The first kappa shape index (κ1) is 13.0. The Hall–Kier alpha value is -2.01. The van der Waals surface area contributed by atoms with Gasteiger partial charge in [0, 0.05) is 29.4 Å². The lowest BCUT2D eigenvalue weighted by Gasteiger charge is -2.15. The molecule has 0 radical (unpaired) electrons. The molecular weight excluding hydrogens is 252 g/mol. The minimum absolute atomic E-state index is 0.398. The fraction of sp³-hybridized carbons (Fsp3) is 0.400. The number of aromatic amines is 1. The number of nitrogens with one attached hydrogen (secondary N) is 3. The van der Waals surface area contributed by atoms with Crippen molar-refractivity contribution in [3.63, 3.8) is 0 Å². The van der Waals surface area contributed by atoms with Crippen molar-refractivity contribution in [2.45, 2.75) is 26.3 Å². The molecule has 5 heteroatoms. The molecule has 3 rings (SSSR count). The van der Waals surface area contributed by atoms with E-state index in [1.54, 1.807) is 6.07 Å². The van der Waals surface area contributed by atoms with Crippen LogP contribution in [0.5, 0.6) is 0 Å². The van der Waals surface area contributed by atoms with Crippen LogP contribution in [0.15, 0.2) is 12.1 Å². The Bertz CT molecular complexity index is 668. The number of carbonyl (C=O) groups is 1. The first-order valence-corrected chi connectivity index (χ1v) is 6.97. The molecule has 0 saturated carbocycles. The number of aryl methyl sites for hydroxylation is 2. The summed E-state index contributed by atoms with van der Waals surface area (Å²) in [5, 5.41) is 7.99. The molecule has 20 heavy (non-hydrogen) atoms. The van der Waals surface area contributed by atoms with Gasteiger partial charge in [-0.3, -0.25) is 4.79 Å². The monoisotopic (exact) mass is 272 g/mol. The predicted octanol–water partition coefficient (Wildman–Crippen LogP) is 1.66. The van der Waals surface area contributed by atoms with Crippen molar-refractivity contribution in [3.05, 3.63) is 29.0 Å². The largest absolute Gasteiger partial charge is 0.380 e. The highest BCUT2D eigenvalue weighted by Gasteiger charge is 2.19. The number of hydrogen-bond acceptors (Lipinski definition) is 3. The van der Waals surface area contributed by atoms with Crippen LogP contribution in [0.4, 0.5) is 5.69 Å². The molecule has 1 fully saturated rings. The van der Waals surface area contributed by atoms with Gasteiger partial charge in [-0.15, -0.1) is 0 Å². The van der Waals surface area contributed by atoms with Gasteiger partial charge in [0.15, 0.2) is 0 Å². The Balaban J connectivity index is 2.12. The van der Waals surface area contributed by atoms with Gasteiger partial charge in [-0.1, -0.05) is 0 Å². The van der Waals surface area contributed by atoms with Gasteiger partial charge >= 0.3 is 0 Å². The van der Waals surface area contributed by atoms with E-state index in [4.69, 9.17) is 5.73 Å². The highest BCUT2D eigenvalue weighted by molar-refractivity contribution is 6.09. The number of fused-ring (bicyclic) bond motifs is 1. The molecule has 1 atom stereocenters. The summed E-state index contributed by atoms with van der Waals surface area (Å²) in [6.07, 6.45) is 1.11. The fourth-order valence-electron chi connectivity index (χ4n) is 2.91. The number of anilines is 1. The maximum Gasteiger partial charge on any atom is 0.250 e. The van der Waals surface area contributed by atoms with Gasteiger partial charge in [-0.05, 0) is 44.5 Å². The maximum atomic E-state index is 11.6. The van der Waals surface area contributed by atoms with E-state index in [1.165, 1.54) is 0 Å². The molecule has 0 unspecified atom stereocenters. The molecule has 0 spiro atoms. The zero-order valence-electron chi connectivity index (χ0n) is 11.8. The third-order valence-electron chi connectivity index (χ3n) is 4.14. The highest BCUT2D eigenvalue weighted by Crippen LogP contribution is 2.32. The lowest BCUT2D eigenvalue weighted by molar-refractivity contribution is 0.100. The molecule has 1 aromatic heterocycles. The molecule has 1 aliphatic heterocycles. The molecule has 5 nitrogen and oxygen atoms in total. The summed E-state index contributed by atoms with van der Waals surface area (Å²) in [6, 6.07) is 4.19. The SMILES string of the molecule is Cc1[nH]c2c(C(N)=O)ccc(N[C@H]3CCNC3)c2c1C. The number of benzene rings is 1. The van der Waals surface area contributed by atoms with Gasteiger partial charge in [0.1, 0.15) is 0 Å². The number of nitrogens with two attached hydrogens (primary N) is 1. The lowest BCUT2D eigenvalue weighted by Crippen LogP contribution is -2.22. The van der Waals surface area contributed by atoms with Crippen LogP contribution in [-0.4, -0.2) is 30.0 Å². The van der Waals surface area contributed by atoms with E-state index in [9.17, 15) is 4.79 Å². The Labute approximate surface area is 117 Å². The van der Waals surface area contributed by atoms with Crippen LogP contribution in [-0.2, 0) is 0 Å². The zero-order chi connectivity index (χ0) is 14.3. The van der Waals surface area contributed by atoms with E-state index in [-0.39, 0.29) is 0 Å². The summed E-state index contributed by atoms with van der Waals surface area (Å²) in [6.45, 7) is 6.10. The summed E-state index contributed by atoms with van der Waals surface area (Å²) in [5.41, 5.74) is 10.2. The van der Waals surface area contributed by atoms with Crippen molar-refractivity contribution in [1.82, 2.24) is 10.3 Å². The van der Waals surface area contributed by atoms with Gasteiger partial charge in [0.25, 0.3) is 5.91 Å². The Morgan fingerprint density at radius 1 is 1.40 bits per heavy atom. The van der Waals surface area contributed by atoms with Gasteiger partial charge in [0.05, 0.1) is 11.1 Å². The van der Waals surface area contributed by atoms with Crippen LogP contribution in [0, 0.1) is 13.8 Å². The molecule has 5 N–H and O–H groups in total. The van der Waals surface area contributed by atoms with Gasteiger partial charge < -0.3 is 21.4 Å². The van der Waals surface area contributed by atoms with Gasteiger partial charge in [0.2, 0.25) is 0 Å². The van der Waals surface area contributed by atoms with Crippen LogP contribution >= 0.6 is 0 Å². The topological polar surface area (TPSA) is 82.9 Å². The van der Waals surface area contributed by atoms with Crippen LogP contribution in [0.2, 0.25) is 0 Å². The molecule has 0 aliphatic carbocycles. The van der Waals surface area contributed by atoms with Crippen molar-refractivity contribution in [2.75, 3.05) is 18.4 Å². The minimum atomic E-state index is -0.398. The molecular formula is C15H20N4O. The van der Waals surface area contributed by atoms with E-state index >= 15 is 0 Å². The number of rotatable bonds is 3. The molecule has 106 valence electrons. The van der Waals surface area contributed by atoms with Crippen molar-refractivity contribution in [1.29, 1.82) is 0 Å². The average molecular weight is 272 g/mol. The first-order valence-electron chi connectivity index (χ1n) is 6.97. The summed E-state index contributed by atoms with van der Waals surface area (Å²) < 4.78 is 0. The number of H-pyrrole nitrogens is 1. The van der Waals surface area contributed by atoms with Crippen molar-refractivity contribution in [3.8, 4) is 0 Å². The zero-order valence-corrected chi connectivity index (χ0v) is 11.8. The third kappa shape index (κ3) is 2.04. The summed E-state index contributed by atoms with van der Waals surface area (Å²) in [5.74, 6) is -0.398. The minimum Gasteiger partial charge on any atom is -0.380 e. The number of amides is 1. The molecule has 1 amide bonds. The van der Waals surface area contributed by atoms with E-state index in [2.05, 4.69) is 22.5 Å². The first-order chi connectivity index (χ1) is 9.58. The smallest absolute Gasteiger partial charge is 0.250 e. The fourth-order valence-corrected chi connectivity index (χ4v) is 2.91. The van der Waals surface area contributed by atoms with Gasteiger partial charge in [-0.2, -0.15) is 0 Å². The van der Waals surface area contributed by atoms with E-state index in [0.29, 0.717) is 11.6 Å². The number of aromatic nitrogens is 1.